The lowest BCUT2D eigenvalue weighted by Gasteiger charge is -2.47. The molecular formula is C24H23N3O2. The molecule has 3 aliphatic heterocycles. The number of furan rings is 1. The van der Waals surface area contributed by atoms with Gasteiger partial charge in [-0.25, -0.2) is 9.97 Å². The Balaban J connectivity index is 1.50. The Morgan fingerprint density at radius 1 is 1.14 bits per heavy atom. The number of nitrogens with zero attached hydrogens (tertiary/aromatic N) is 3. The number of aromatic nitrogens is 2. The van der Waals surface area contributed by atoms with E-state index in [0.717, 1.165) is 42.8 Å². The molecule has 0 saturated carbocycles. The Morgan fingerprint density at radius 2 is 1.97 bits per heavy atom. The summed E-state index contributed by atoms with van der Waals surface area (Å²) in [6.07, 6.45) is 6.04. The summed E-state index contributed by atoms with van der Waals surface area (Å²) >= 11 is 0. The van der Waals surface area contributed by atoms with Gasteiger partial charge in [0.2, 0.25) is 0 Å². The molecule has 3 saturated heterocycles. The molecule has 3 aliphatic rings. The van der Waals surface area contributed by atoms with Gasteiger partial charge in [0, 0.05) is 25.1 Å². The standard InChI is InChI=1S/C24H23N3O2/c28-24(17-27-12-9-20(24)10-13-27)11-8-19-16-25-23(22-7-4-14-29-22)26-21(19)15-18-5-2-1-3-6-18/h1-7,14,16,20,28H,9-10,12-13,15,17H2. The van der Waals surface area contributed by atoms with Crippen molar-refractivity contribution in [3.05, 3.63) is 71.7 Å². The molecule has 5 nitrogen and oxygen atoms in total. The average molecular weight is 385 g/mol. The second kappa shape index (κ2) is 7.47. The average Bonchev–Trinajstić information content (AvgIpc) is 3.29. The summed E-state index contributed by atoms with van der Waals surface area (Å²) in [5.74, 6) is 7.84. The smallest absolute Gasteiger partial charge is 0.195 e. The molecule has 2 aromatic heterocycles. The minimum absolute atomic E-state index is 0.251. The van der Waals surface area contributed by atoms with E-state index in [4.69, 9.17) is 9.40 Å². The highest BCUT2D eigenvalue weighted by molar-refractivity contribution is 5.50. The lowest BCUT2D eigenvalue weighted by molar-refractivity contribution is -0.0713. The Morgan fingerprint density at radius 3 is 2.66 bits per heavy atom. The molecule has 0 radical (unpaired) electrons. The first-order valence-electron chi connectivity index (χ1n) is 10.1. The molecule has 3 aromatic rings. The highest BCUT2D eigenvalue weighted by atomic mass is 16.3. The van der Waals surface area contributed by atoms with Gasteiger partial charge in [0.15, 0.2) is 11.6 Å². The fourth-order valence-corrected chi connectivity index (χ4v) is 4.33. The van der Waals surface area contributed by atoms with Crippen LogP contribution in [-0.4, -0.2) is 45.2 Å². The van der Waals surface area contributed by atoms with E-state index in [1.165, 1.54) is 0 Å². The number of piperidine rings is 3. The molecule has 1 aromatic carbocycles. The van der Waals surface area contributed by atoms with E-state index in [1.54, 1.807) is 12.5 Å². The van der Waals surface area contributed by atoms with Crippen LogP contribution in [0.5, 0.6) is 0 Å². The normalized spacial score (nSPS) is 25.4. The first kappa shape index (κ1) is 18.1. The van der Waals surface area contributed by atoms with E-state index in [0.29, 0.717) is 24.6 Å². The number of hydrogen-bond donors (Lipinski definition) is 1. The molecular weight excluding hydrogens is 362 g/mol. The number of hydrogen-bond acceptors (Lipinski definition) is 5. The van der Waals surface area contributed by atoms with Crippen LogP contribution in [0.2, 0.25) is 0 Å². The Bertz CT molecular complexity index is 1040. The highest BCUT2D eigenvalue weighted by Gasteiger charge is 2.44. The van der Waals surface area contributed by atoms with Gasteiger partial charge >= 0.3 is 0 Å². The van der Waals surface area contributed by atoms with Crippen molar-refractivity contribution >= 4 is 0 Å². The molecule has 0 aliphatic carbocycles. The predicted molar refractivity (Wildman–Crippen MR) is 110 cm³/mol. The molecule has 5 heteroatoms. The van der Waals surface area contributed by atoms with Crippen LogP contribution in [0.1, 0.15) is 29.7 Å². The third kappa shape index (κ3) is 3.69. The van der Waals surface area contributed by atoms with Gasteiger partial charge in [0.1, 0.15) is 5.60 Å². The molecule has 0 amide bonds. The van der Waals surface area contributed by atoms with Crippen LogP contribution < -0.4 is 0 Å². The predicted octanol–water partition coefficient (Wildman–Crippen LogP) is 3.14. The Labute approximate surface area is 170 Å². The molecule has 1 N–H and O–H groups in total. The molecule has 146 valence electrons. The van der Waals surface area contributed by atoms with Crippen LogP contribution in [0, 0.1) is 17.8 Å². The fourth-order valence-electron chi connectivity index (χ4n) is 4.33. The summed E-state index contributed by atoms with van der Waals surface area (Å²) in [5.41, 5.74) is 1.81. The zero-order chi connectivity index (χ0) is 19.7. The topological polar surface area (TPSA) is 62.4 Å². The van der Waals surface area contributed by atoms with Crippen LogP contribution in [0.15, 0.2) is 59.3 Å². The first-order chi connectivity index (χ1) is 14.2. The van der Waals surface area contributed by atoms with Gasteiger partial charge in [0.05, 0.1) is 17.5 Å². The molecule has 1 atom stereocenters. The lowest BCUT2D eigenvalue weighted by Crippen LogP contribution is -2.58. The third-order valence-electron chi connectivity index (χ3n) is 5.96. The molecule has 29 heavy (non-hydrogen) atoms. The van der Waals surface area contributed by atoms with Gasteiger partial charge < -0.3 is 9.52 Å². The van der Waals surface area contributed by atoms with Gasteiger partial charge in [-0.05, 0) is 43.6 Å². The van der Waals surface area contributed by atoms with E-state index in [1.807, 2.05) is 30.3 Å². The van der Waals surface area contributed by atoms with Crippen molar-refractivity contribution < 1.29 is 9.52 Å². The number of benzene rings is 1. The minimum Gasteiger partial charge on any atom is -0.461 e. The fraction of sp³-hybridized carbons (Fsp3) is 0.333. The second-order valence-electron chi connectivity index (χ2n) is 7.92. The summed E-state index contributed by atoms with van der Waals surface area (Å²) < 4.78 is 5.46. The summed E-state index contributed by atoms with van der Waals surface area (Å²) in [7, 11) is 0. The van der Waals surface area contributed by atoms with E-state index < -0.39 is 5.60 Å². The summed E-state index contributed by atoms with van der Waals surface area (Å²) in [6.45, 7) is 2.76. The number of rotatable bonds is 3. The van der Waals surface area contributed by atoms with E-state index in [9.17, 15) is 5.11 Å². The van der Waals surface area contributed by atoms with Gasteiger partial charge in [0.25, 0.3) is 0 Å². The van der Waals surface area contributed by atoms with Gasteiger partial charge in [-0.1, -0.05) is 42.2 Å². The van der Waals surface area contributed by atoms with Crippen molar-refractivity contribution in [1.29, 1.82) is 0 Å². The van der Waals surface area contributed by atoms with Crippen molar-refractivity contribution in [3.63, 3.8) is 0 Å². The maximum Gasteiger partial charge on any atom is 0.195 e. The summed E-state index contributed by atoms with van der Waals surface area (Å²) in [4.78, 5) is 11.5. The van der Waals surface area contributed by atoms with Crippen molar-refractivity contribution in [3.8, 4) is 23.4 Å². The van der Waals surface area contributed by atoms with Crippen molar-refractivity contribution in [2.45, 2.75) is 24.9 Å². The van der Waals surface area contributed by atoms with Crippen LogP contribution in [-0.2, 0) is 6.42 Å². The first-order valence-corrected chi connectivity index (χ1v) is 10.1. The lowest BCUT2D eigenvalue weighted by atomic mass is 9.76. The van der Waals surface area contributed by atoms with Crippen molar-refractivity contribution in [1.82, 2.24) is 14.9 Å². The molecule has 0 spiro atoms. The van der Waals surface area contributed by atoms with Gasteiger partial charge in [-0.3, -0.25) is 4.90 Å². The van der Waals surface area contributed by atoms with E-state index in [-0.39, 0.29) is 5.92 Å². The SMILES string of the molecule is OC1(C#Cc2cnc(-c3ccco3)nc2Cc2ccccc2)CN2CCC1CC2. The van der Waals surface area contributed by atoms with Crippen LogP contribution in [0.4, 0.5) is 0 Å². The second-order valence-corrected chi connectivity index (χ2v) is 7.92. The van der Waals surface area contributed by atoms with Gasteiger partial charge in [-0.15, -0.1) is 0 Å². The third-order valence-corrected chi connectivity index (χ3v) is 5.96. The maximum absolute atomic E-state index is 11.1. The van der Waals surface area contributed by atoms with E-state index >= 15 is 0 Å². The minimum atomic E-state index is -0.944. The van der Waals surface area contributed by atoms with Crippen LogP contribution in [0.25, 0.3) is 11.6 Å². The largest absolute Gasteiger partial charge is 0.461 e. The van der Waals surface area contributed by atoms with Crippen molar-refractivity contribution in [2.75, 3.05) is 19.6 Å². The van der Waals surface area contributed by atoms with Crippen LogP contribution in [0.3, 0.4) is 0 Å². The molecule has 2 bridgehead atoms. The number of aliphatic hydroxyl groups is 1. The molecule has 1 unspecified atom stereocenters. The monoisotopic (exact) mass is 385 g/mol. The highest BCUT2D eigenvalue weighted by Crippen LogP contribution is 2.35. The summed E-state index contributed by atoms with van der Waals surface area (Å²) in [5, 5.41) is 11.1. The van der Waals surface area contributed by atoms with Crippen molar-refractivity contribution in [2.24, 2.45) is 5.92 Å². The Kier molecular flexibility index (Phi) is 4.67. The Hall–Kier alpha value is -2.94. The molecule has 3 fully saturated rings. The van der Waals surface area contributed by atoms with E-state index in [2.05, 4.69) is 33.9 Å². The summed E-state index contributed by atoms with van der Waals surface area (Å²) in [6, 6.07) is 13.9. The zero-order valence-corrected chi connectivity index (χ0v) is 16.2. The number of fused-ring (bicyclic) bond motifs is 3. The zero-order valence-electron chi connectivity index (χ0n) is 16.2. The maximum atomic E-state index is 11.1. The van der Waals surface area contributed by atoms with Gasteiger partial charge in [-0.2, -0.15) is 0 Å². The quantitative estimate of drug-likeness (QED) is 0.702. The van der Waals surface area contributed by atoms with Crippen LogP contribution >= 0.6 is 0 Å². The molecule has 5 heterocycles. The molecule has 6 rings (SSSR count).